The third-order valence-corrected chi connectivity index (χ3v) is 6.64. The van der Waals surface area contributed by atoms with Gasteiger partial charge in [0.05, 0.1) is 16.1 Å². The van der Waals surface area contributed by atoms with Gasteiger partial charge in [0.15, 0.2) is 5.76 Å². The average Bonchev–Trinajstić information content (AvgIpc) is 3.29. The van der Waals surface area contributed by atoms with Crippen LogP contribution in [-0.4, -0.2) is 29.3 Å². The molecule has 1 heterocycles. The van der Waals surface area contributed by atoms with Crippen LogP contribution in [0.1, 0.15) is 41.6 Å². The third-order valence-electron chi connectivity index (χ3n) is 6.01. The highest BCUT2D eigenvalue weighted by Gasteiger charge is 2.28. The van der Waals surface area contributed by atoms with E-state index in [1.807, 2.05) is 54.6 Å². The first-order valence-corrected chi connectivity index (χ1v) is 12.5. The number of aromatic nitrogens is 1. The molecule has 6 nitrogen and oxygen atoms in total. The lowest BCUT2D eigenvalue weighted by molar-refractivity contribution is 0.102. The Labute approximate surface area is 220 Å². The number of halogens is 2. The molecule has 4 rings (SSSR count). The molecule has 2 N–H and O–H groups in total. The minimum Gasteiger partial charge on any atom is -0.388 e. The molecule has 8 heteroatoms. The number of carbonyl (C=O) groups excluding carboxylic acids is 1. The van der Waals surface area contributed by atoms with E-state index in [2.05, 4.69) is 29.2 Å². The van der Waals surface area contributed by atoms with Gasteiger partial charge in [-0.15, -0.1) is 0 Å². The van der Waals surface area contributed by atoms with Crippen LogP contribution >= 0.6 is 23.2 Å². The molecule has 0 aliphatic carbocycles. The van der Waals surface area contributed by atoms with Gasteiger partial charge in [-0.1, -0.05) is 64.8 Å². The lowest BCUT2D eigenvalue weighted by atomic mass is 9.99. The fourth-order valence-corrected chi connectivity index (χ4v) is 4.68. The van der Waals surface area contributed by atoms with Crippen molar-refractivity contribution in [3.8, 4) is 11.3 Å². The van der Waals surface area contributed by atoms with E-state index in [0.717, 1.165) is 18.8 Å². The molecule has 0 aliphatic heterocycles. The summed E-state index contributed by atoms with van der Waals surface area (Å²) in [5, 5.41) is 18.6. The van der Waals surface area contributed by atoms with Gasteiger partial charge in [0.1, 0.15) is 11.3 Å². The second kappa shape index (κ2) is 11.6. The molecule has 1 unspecified atom stereocenters. The Kier molecular flexibility index (Phi) is 8.31. The molecule has 0 aliphatic rings. The summed E-state index contributed by atoms with van der Waals surface area (Å²) in [6, 6.07) is 21.8. The Morgan fingerprint density at radius 1 is 0.972 bits per heavy atom. The zero-order valence-corrected chi connectivity index (χ0v) is 21.6. The van der Waals surface area contributed by atoms with Crippen LogP contribution in [0.3, 0.4) is 0 Å². The first-order chi connectivity index (χ1) is 17.4. The van der Waals surface area contributed by atoms with E-state index in [9.17, 15) is 9.90 Å². The maximum absolute atomic E-state index is 13.6. The van der Waals surface area contributed by atoms with Gasteiger partial charge >= 0.3 is 0 Å². The summed E-state index contributed by atoms with van der Waals surface area (Å²) in [4.78, 5) is 15.8. The average molecular weight is 524 g/mol. The second-order valence-corrected chi connectivity index (χ2v) is 9.04. The number of hydrogen-bond donors (Lipinski definition) is 2. The smallest absolute Gasteiger partial charge is 0.261 e. The van der Waals surface area contributed by atoms with Crippen LogP contribution in [0.2, 0.25) is 10.0 Å². The van der Waals surface area contributed by atoms with Gasteiger partial charge in [-0.25, -0.2) is 0 Å². The molecule has 0 bridgehead atoms. The van der Waals surface area contributed by atoms with Crippen molar-refractivity contribution in [2.75, 3.05) is 23.3 Å². The largest absolute Gasteiger partial charge is 0.388 e. The number of benzene rings is 3. The summed E-state index contributed by atoms with van der Waals surface area (Å²) >= 11 is 12.9. The van der Waals surface area contributed by atoms with Crippen molar-refractivity contribution in [2.45, 2.75) is 26.4 Å². The van der Waals surface area contributed by atoms with Crippen LogP contribution in [0.5, 0.6) is 0 Å². The number of aliphatic hydroxyl groups is 1. The molecule has 0 fully saturated rings. The Morgan fingerprint density at radius 3 is 2.22 bits per heavy atom. The molecule has 1 aromatic heterocycles. The fraction of sp³-hybridized carbons (Fsp3) is 0.214. The van der Waals surface area contributed by atoms with Crippen molar-refractivity contribution in [3.63, 3.8) is 0 Å². The fourth-order valence-electron chi connectivity index (χ4n) is 4.10. The number of carbonyl (C=O) groups is 1. The number of anilines is 2. The van der Waals surface area contributed by atoms with Crippen molar-refractivity contribution >= 4 is 40.5 Å². The Hall–Kier alpha value is -3.32. The predicted octanol–water partition coefficient (Wildman–Crippen LogP) is 7.02. The number of amides is 1. The Morgan fingerprint density at radius 2 is 1.61 bits per heavy atom. The molecule has 0 saturated carbocycles. The van der Waals surface area contributed by atoms with E-state index in [4.69, 9.17) is 27.7 Å². The van der Waals surface area contributed by atoms with E-state index in [1.165, 1.54) is 0 Å². The molecule has 3 aromatic carbocycles. The summed E-state index contributed by atoms with van der Waals surface area (Å²) in [6.07, 6.45) is -0.850. The molecule has 1 amide bonds. The standard InChI is InChI=1S/C28H27Cl2N3O3/c1-3-33(4-2)20-15-13-19(14-16-20)31-28(35)26-24(17-23(34)18-9-6-5-7-10-18)36-32-27(26)25-21(29)11-8-12-22(25)30/h5-16,23,34H,3-4,17H2,1-2H3,(H,31,35). The SMILES string of the molecule is CCN(CC)c1ccc(NC(=O)c2c(-c3c(Cl)cccc3Cl)noc2CC(O)c2ccccc2)cc1. The zero-order valence-electron chi connectivity index (χ0n) is 20.0. The molecular formula is C28H27Cl2N3O3. The van der Waals surface area contributed by atoms with Crippen LogP contribution in [0.15, 0.2) is 77.3 Å². The lowest BCUT2D eigenvalue weighted by Gasteiger charge is -2.21. The summed E-state index contributed by atoms with van der Waals surface area (Å²) < 4.78 is 5.60. The number of nitrogens with zero attached hydrogens (tertiary/aromatic N) is 2. The zero-order chi connectivity index (χ0) is 25.7. The molecule has 186 valence electrons. The Bertz CT molecular complexity index is 1300. The normalized spacial score (nSPS) is 11.8. The topological polar surface area (TPSA) is 78.6 Å². The lowest BCUT2D eigenvalue weighted by Crippen LogP contribution is -2.21. The molecular weight excluding hydrogens is 497 g/mol. The van der Waals surface area contributed by atoms with E-state index < -0.39 is 12.0 Å². The third kappa shape index (κ3) is 5.57. The number of nitrogens with one attached hydrogen (secondary N) is 1. The van der Waals surface area contributed by atoms with Gasteiger partial charge < -0.3 is 19.8 Å². The van der Waals surface area contributed by atoms with Crippen molar-refractivity contribution in [1.29, 1.82) is 0 Å². The molecule has 36 heavy (non-hydrogen) atoms. The van der Waals surface area contributed by atoms with Crippen LogP contribution in [0.25, 0.3) is 11.3 Å². The summed E-state index contributed by atoms with van der Waals surface area (Å²) in [5.74, 6) is -0.206. The highest BCUT2D eigenvalue weighted by atomic mass is 35.5. The maximum Gasteiger partial charge on any atom is 0.261 e. The van der Waals surface area contributed by atoms with Crippen molar-refractivity contribution in [3.05, 3.63) is 99.7 Å². The van der Waals surface area contributed by atoms with Crippen LogP contribution in [0.4, 0.5) is 11.4 Å². The van der Waals surface area contributed by atoms with Gasteiger partial charge in [-0.05, 0) is 55.8 Å². The summed E-state index contributed by atoms with van der Waals surface area (Å²) in [5.41, 5.74) is 3.17. The van der Waals surface area contributed by atoms with E-state index in [-0.39, 0.29) is 23.4 Å². The highest BCUT2D eigenvalue weighted by molar-refractivity contribution is 6.39. The van der Waals surface area contributed by atoms with Gasteiger partial charge in [0.2, 0.25) is 0 Å². The number of hydrogen-bond acceptors (Lipinski definition) is 5. The van der Waals surface area contributed by atoms with Gasteiger partial charge in [-0.3, -0.25) is 4.79 Å². The first-order valence-electron chi connectivity index (χ1n) is 11.7. The van der Waals surface area contributed by atoms with E-state index in [0.29, 0.717) is 26.9 Å². The van der Waals surface area contributed by atoms with Crippen molar-refractivity contribution in [1.82, 2.24) is 5.16 Å². The number of aliphatic hydroxyl groups excluding tert-OH is 1. The highest BCUT2D eigenvalue weighted by Crippen LogP contribution is 2.38. The second-order valence-electron chi connectivity index (χ2n) is 8.23. The molecule has 4 aromatic rings. The molecule has 0 radical (unpaired) electrons. The van der Waals surface area contributed by atoms with Crippen molar-refractivity contribution in [2.24, 2.45) is 0 Å². The Balaban J connectivity index is 1.69. The summed E-state index contributed by atoms with van der Waals surface area (Å²) in [7, 11) is 0. The van der Waals surface area contributed by atoms with E-state index in [1.54, 1.807) is 18.2 Å². The quantitative estimate of drug-likeness (QED) is 0.246. The van der Waals surface area contributed by atoms with E-state index >= 15 is 0 Å². The maximum atomic E-state index is 13.6. The number of rotatable bonds is 9. The van der Waals surface area contributed by atoms with Crippen LogP contribution in [0, 0.1) is 0 Å². The molecule has 0 saturated heterocycles. The minimum atomic E-state index is -0.895. The predicted molar refractivity (Wildman–Crippen MR) is 145 cm³/mol. The van der Waals surface area contributed by atoms with Crippen LogP contribution in [-0.2, 0) is 6.42 Å². The van der Waals surface area contributed by atoms with Gasteiger partial charge in [0, 0.05) is 36.4 Å². The minimum absolute atomic E-state index is 0.0444. The van der Waals surface area contributed by atoms with Crippen LogP contribution < -0.4 is 10.2 Å². The van der Waals surface area contributed by atoms with Crippen molar-refractivity contribution < 1.29 is 14.4 Å². The first kappa shape index (κ1) is 25.8. The van der Waals surface area contributed by atoms with Gasteiger partial charge in [-0.2, -0.15) is 0 Å². The summed E-state index contributed by atoms with van der Waals surface area (Å²) in [6.45, 7) is 5.96. The monoisotopic (exact) mass is 523 g/mol. The molecule has 0 spiro atoms. The van der Waals surface area contributed by atoms with Gasteiger partial charge in [0.25, 0.3) is 5.91 Å². The molecule has 1 atom stereocenters.